The second-order valence-electron chi connectivity index (χ2n) is 7.78. The largest absolute Gasteiger partial charge is 0.308 e. The van der Waals surface area contributed by atoms with Gasteiger partial charge < -0.3 is 5.32 Å². The molecule has 0 bridgehead atoms. The third-order valence-electron chi connectivity index (χ3n) is 6.27. The summed E-state index contributed by atoms with van der Waals surface area (Å²) in [6.45, 7) is 6.22. The van der Waals surface area contributed by atoms with Gasteiger partial charge in [-0.25, -0.2) is 0 Å². The van der Waals surface area contributed by atoms with Crippen molar-refractivity contribution in [1.29, 1.82) is 0 Å². The highest BCUT2D eigenvalue weighted by Crippen LogP contribution is 2.45. The zero-order chi connectivity index (χ0) is 14.3. The van der Waals surface area contributed by atoms with Gasteiger partial charge in [-0.2, -0.15) is 11.3 Å². The van der Waals surface area contributed by atoms with Crippen LogP contribution in [0, 0.1) is 5.92 Å². The van der Waals surface area contributed by atoms with Gasteiger partial charge in [0, 0.05) is 30.7 Å². The summed E-state index contributed by atoms with van der Waals surface area (Å²) >= 11 is 1.83. The molecule has 0 radical (unpaired) electrons. The van der Waals surface area contributed by atoms with Crippen molar-refractivity contribution in [3.05, 3.63) is 22.4 Å². The molecule has 3 heteroatoms. The monoisotopic (exact) mass is 304 g/mol. The summed E-state index contributed by atoms with van der Waals surface area (Å²) in [4.78, 5) is 2.88. The van der Waals surface area contributed by atoms with Crippen molar-refractivity contribution < 1.29 is 0 Å². The molecule has 3 aliphatic rings. The van der Waals surface area contributed by atoms with Crippen LogP contribution in [-0.2, 0) is 6.42 Å². The first-order chi connectivity index (χ1) is 10.2. The molecule has 1 spiro atoms. The Hall–Kier alpha value is -0.380. The van der Waals surface area contributed by atoms with Gasteiger partial charge in [-0.05, 0) is 67.3 Å². The first kappa shape index (κ1) is 14.2. The molecule has 21 heavy (non-hydrogen) atoms. The summed E-state index contributed by atoms with van der Waals surface area (Å²) in [6, 6.07) is 2.30. The topological polar surface area (TPSA) is 15.3 Å². The summed E-state index contributed by atoms with van der Waals surface area (Å²) in [6.07, 6.45) is 9.78. The van der Waals surface area contributed by atoms with Gasteiger partial charge in [-0.1, -0.05) is 12.8 Å². The fourth-order valence-electron chi connectivity index (χ4n) is 4.63. The average Bonchev–Trinajstić information content (AvgIpc) is 3.04. The van der Waals surface area contributed by atoms with E-state index in [1.54, 1.807) is 0 Å². The van der Waals surface area contributed by atoms with E-state index in [1.807, 2.05) is 11.3 Å². The zero-order valence-electron chi connectivity index (χ0n) is 13.2. The van der Waals surface area contributed by atoms with Crippen molar-refractivity contribution >= 4 is 11.3 Å². The number of hydrogen-bond donors (Lipinski definition) is 1. The molecule has 1 aromatic rings. The van der Waals surface area contributed by atoms with Crippen molar-refractivity contribution in [1.82, 2.24) is 10.2 Å². The molecule has 116 valence electrons. The average molecular weight is 305 g/mol. The van der Waals surface area contributed by atoms with Crippen LogP contribution in [-0.4, -0.2) is 35.6 Å². The maximum absolute atomic E-state index is 3.97. The molecule has 1 unspecified atom stereocenters. The molecule has 1 atom stereocenters. The summed E-state index contributed by atoms with van der Waals surface area (Å²) in [5.41, 5.74) is 2.38. The van der Waals surface area contributed by atoms with Gasteiger partial charge >= 0.3 is 0 Å². The third kappa shape index (κ3) is 2.69. The van der Waals surface area contributed by atoms with Crippen LogP contribution in [0.4, 0.5) is 0 Å². The number of nitrogens with one attached hydrogen (secondary N) is 1. The van der Waals surface area contributed by atoms with Crippen LogP contribution in [0.5, 0.6) is 0 Å². The molecule has 4 rings (SSSR count). The molecule has 2 nitrogen and oxygen atoms in total. The van der Waals surface area contributed by atoms with E-state index in [-0.39, 0.29) is 0 Å². The predicted molar refractivity (Wildman–Crippen MR) is 89.9 cm³/mol. The lowest BCUT2D eigenvalue weighted by Crippen LogP contribution is -2.69. The van der Waals surface area contributed by atoms with Gasteiger partial charge in [0.15, 0.2) is 0 Å². The Morgan fingerprint density at radius 3 is 2.81 bits per heavy atom. The number of hydrogen-bond acceptors (Lipinski definition) is 3. The lowest BCUT2D eigenvalue weighted by Gasteiger charge is -2.53. The molecule has 0 amide bonds. The van der Waals surface area contributed by atoms with Crippen molar-refractivity contribution in [3.8, 4) is 0 Å². The van der Waals surface area contributed by atoms with E-state index < -0.39 is 0 Å². The van der Waals surface area contributed by atoms with Gasteiger partial charge in [0.05, 0.1) is 0 Å². The van der Waals surface area contributed by atoms with E-state index in [2.05, 4.69) is 34.0 Å². The van der Waals surface area contributed by atoms with Crippen LogP contribution in [0.15, 0.2) is 16.8 Å². The van der Waals surface area contributed by atoms with Crippen LogP contribution in [0.2, 0.25) is 0 Å². The molecule has 1 saturated heterocycles. The molecular weight excluding hydrogens is 276 g/mol. The second-order valence-corrected chi connectivity index (χ2v) is 8.56. The Kier molecular flexibility index (Phi) is 3.63. The minimum absolute atomic E-state index is 0.377. The van der Waals surface area contributed by atoms with Crippen molar-refractivity contribution in [2.75, 3.05) is 19.6 Å². The fraction of sp³-hybridized carbons (Fsp3) is 0.778. The van der Waals surface area contributed by atoms with Crippen molar-refractivity contribution in [2.24, 2.45) is 5.92 Å². The molecule has 1 aliphatic heterocycles. The Morgan fingerprint density at radius 1 is 1.33 bits per heavy atom. The van der Waals surface area contributed by atoms with Gasteiger partial charge in [-0.15, -0.1) is 0 Å². The minimum atomic E-state index is 0.377. The highest BCUT2D eigenvalue weighted by atomic mass is 32.1. The van der Waals surface area contributed by atoms with Gasteiger partial charge in [0.25, 0.3) is 0 Å². The minimum Gasteiger partial charge on any atom is -0.308 e. The van der Waals surface area contributed by atoms with Crippen molar-refractivity contribution in [3.63, 3.8) is 0 Å². The summed E-state index contributed by atoms with van der Waals surface area (Å²) in [5.74, 6) is 0.930. The first-order valence-electron chi connectivity index (χ1n) is 8.71. The predicted octanol–water partition coefficient (Wildman–Crippen LogP) is 3.68. The second kappa shape index (κ2) is 5.36. The Morgan fingerprint density at radius 2 is 2.14 bits per heavy atom. The maximum atomic E-state index is 3.97. The van der Waals surface area contributed by atoms with Gasteiger partial charge in [0.1, 0.15) is 0 Å². The normalized spacial score (nSPS) is 32.8. The highest BCUT2D eigenvalue weighted by Gasteiger charge is 2.51. The summed E-state index contributed by atoms with van der Waals surface area (Å²) < 4.78 is 0. The molecule has 2 heterocycles. The van der Waals surface area contributed by atoms with E-state index >= 15 is 0 Å². The molecule has 2 aliphatic carbocycles. The van der Waals surface area contributed by atoms with Crippen LogP contribution in [0.25, 0.3) is 0 Å². The Bertz CT molecular complexity index is 473. The zero-order valence-corrected chi connectivity index (χ0v) is 14.1. The van der Waals surface area contributed by atoms with E-state index in [4.69, 9.17) is 0 Å². The van der Waals surface area contributed by atoms with E-state index in [1.165, 1.54) is 70.1 Å². The number of nitrogens with zero attached hydrogens (tertiary/aromatic N) is 1. The fourth-order valence-corrected chi connectivity index (χ4v) is 5.34. The molecule has 1 N–H and O–H groups in total. The number of piperazine rings is 1. The number of rotatable bonds is 4. The highest BCUT2D eigenvalue weighted by molar-refractivity contribution is 7.07. The van der Waals surface area contributed by atoms with E-state index in [0.29, 0.717) is 11.1 Å². The van der Waals surface area contributed by atoms with Crippen LogP contribution < -0.4 is 5.32 Å². The quantitative estimate of drug-likeness (QED) is 0.913. The SMILES string of the molecule is CC1(C2CC2)CN(CCc2ccsc2)C2(CCCC2)CN1. The van der Waals surface area contributed by atoms with Crippen LogP contribution >= 0.6 is 11.3 Å². The molecule has 2 saturated carbocycles. The Labute approximate surface area is 132 Å². The molecule has 1 aromatic heterocycles. The summed E-state index contributed by atoms with van der Waals surface area (Å²) in [7, 11) is 0. The Balaban J connectivity index is 1.49. The van der Waals surface area contributed by atoms with Crippen LogP contribution in [0.3, 0.4) is 0 Å². The van der Waals surface area contributed by atoms with Crippen LogP contribution in [0.1, 0.15) is 51.0 Å². The van der Waals surface area contributed by atoms with E-state index in [0.717, 1.165) is 5.92 Å². The lowest BCUT2D eigenvalue weighted by atomic mass is 9.83. The summed E-state index contributed by atoms with van der Waals surface area (Å²) in [5, 5.41) is 8.51. The standard InChI is InChI=1S/C18H28N2S/c1-17(16-4-5-16)14-20(10-6-15-7-11-21-12-15)18(13-19-17)8-2-3-9-18/h7,11-12,16,19H,2-6,8-10,13-14H2,1H3. The number of thiophene rings is 1. The first-order valence-corrected chi connectivity index (χ1v) is 9.66. The van der Waals surface area contributed by atoms with E-state index in [9.17, 15) is 0 Å². The third-order valence-corrected chi connectivity index (χ3v) is 7.01. The molecule has 3 fully saturated rings. The van der Waals surface area contributed by atoms with Gasteiger partial charge in [-0.3, -0.25) is 4.90 Å². The smallest absolute Gasteiger partial charge is 0.0335 e. The maximum Gasteiger partial charge on any atom is 0.0335 e. The van der Waals surface area contributed by atoms with Gasteiger partial charge in [0.2, 0.25) is 0 Å². The molecule has 0 aromatic carbocycles. The molecular formula is C18H28N2S. The lowest BCUT2D eigenvalue weighted by molar-refractivity contribution is 0.00664. The van der Waals surface area contributed by atoms with Crippen molar-refractivity contribution in [2.45, 2.75) is 62.9 Å².